The van der Waals surface area contributed by atoms with E-state index in [0.29, 0.717) is 24.6 Å². The van der Waals surface area contributed by atoms with Crippen LogP contribution in [0.2, 0.25) is 0 Å². The van der Waals surface area contributed by atoms with Crippen LogP contribution in [0.15, 0.2) is 24.3 Å². The van der Waals surface area contributed by atoms with Crippen LogP contribution in [0.5, 0.6) is 0 Å². The summed E-state index contributed by atoms with van der Waals surface area (Å²) in [4.78, 5) is 0. The van der Waals surface area contributed by atoms with Crippen LogP contribution in [0.1, 0.15) is 37.3 Å². The maximum Gasteiger partial charge on any atom is 0.218 e. The van der Waals surface area contributed by atoms with Gasteiger partial charge >= 0.3 is 0 Å². The van der Waals surface area contributed by atoms with Crippen LogP contribution in [0.3, 0.4) is 0 Å². The Kier molecular flexibility index (Phi) is 4.79. The molecule has 1 aromatic carbocycles. The van der Waals surface area contributed by atoms with Crippen LogP contribution in [-0.2, 0) is 15.8 Å². The van der Waals surface area contributed by atoms with Crippen molar-refractivity contribution >= 4 is 10.0 Å². The number of hydrogen-bond donors (Lipinski definition) is 0. The zero-order chi connectivity index (χ0) is 14.6. The average Bonchev–Trinajstić information content (AvgIpc) is 2.64. The maximum absolute atomic E-state index is 12.4. The van der Waals surface area contributed by atoms with E-state index in [9.17, 15) is 8.42 Å². The summed E-state index contributed by atoms with van der Waals surface area (Å²) in [6.45, 7) is 3.43. The lowest BCUT2D eigenvalue weighted by molar-refractivity contribution is 0.416. The molecule has 0 saturated carbocycles. The molecule has 1 unspecified atom stereocenters. The molecule has 1 atom stereocenters. The van der Waals surface area contributed by atoms with Crippen molar-refractivity contribution in [1.82, 2.24) is 4.31 Å². The Hall–Kier alpha value is -1.38. The highest BCUT2D eigenvalue weighted by Gasteiger charge is 2.24. The molecule has 1 heterocycles. The highest BCUT2D eigenvalue weighted by atomic mass is 32.2. The normalized spacial score (nSPS) is 21.1. The fourth-order valence-electron chi connectivity index (χ4n) is 2.49. The molecule has 0 radical (unpaired) electrons. The average molecular weight is 292 g/mol. The molecule has 0 amide bonds. The van der Waals surface area contributed by atoms with Crippen LogP contribution < -0.4 is 0 Å². The summed E-state index contributed by atoms with van der Waals surface area (Å²) >= 11 is 0. The zero-order valence-electron chi connectivity index (χ0n) is 11.7. The first-order valence-corrected chi connectivity index (χ1v) is 8.59. The molecule has 0 aliphatic carbocycles. The molecule has 1 aromatic rings. The number of nitrogens with zero attached hydrogens (tertiary/aromatic N) is 2. The summed E-state index contributed by atoms with van der Waals surface area (Å²) in [5.74, 6) is 0.623. The molecule has 1 fully saturated rings. The molecule has 4 nitrogen and oxygen atoms in total. The highest BCUT2D eigenvalue weighted by Crippen LogP contribution is 2.20. The molecule has 2 rings (SSSR count). The third-order valence-corrected chi connectivity index (χ3v) is 5.65. The highest BCUT2D eigenvalue weighted by molar-refractivity contribution is 7.88. The molecule has 1 aliphatic heterocycles. The molecule has 0 bridgehead atoms. The molecule has 20 heavy (non-hydrogen) atoms. The second-order valence-corrected chi connectivity index (χ2v) is 7.47. The van der Waals surface area contributed by atoms with Crippen molar-refractivity contribution in [3.05, 3.63) is 35.4 Å². The molecule has 0 N–H and O–H groups in total. The first-order chi connectivity index (χ1) is 9.51. The van der Waals surface area contributed by atoms with Gasteiger partial charge < -0.3 is 0 Å². The summed E-state index contributed by atoms with van der Waals surface area (Å²) in [6, 6.07) is 8.80. The van der Waals surface area contributed by atoms with E-state index in [0.717, 1.165) is 24.8 Å². The van der Waals surface area contributed by atoms with Crippen LogP contribution >= 0.6 is 0 Å². The Bertz CT molecular complexity index is 587. The second-order valence-electron chi connectivity index (χ2n) is 5.50. The summed E-state index contributed by atoms with van der Waals surface area (Å²) in [5.41, 5.74) is 1.29. The predicted octanol–water partition coefficient (Wildman–Crippen LogP) is 2.51. The van der Waals surface area contributed by atoms with Crippen LogP contribution in [0.25, 0.3) is 0 Å². The van der Waals surface area contributed by atoms with E-state index in [1.165, 1.54) is 0 Å². The number of rotatable bonds is 3. The van der Waals surface area contributed by atoms with Gasteiger partial charge in [-0.25, -0.2) is 12.7 Å². The van der Waals surface area contributed by atoms with E-state index in [1.54, 1.807) is 28.6 Å². The van der Waals surface area contributed by atoms with Gasteiger partial charge in [-0.1, -0.05) is 19.1 Å². The third-order valence-electron chi connectivity index (χ3n) is 3.80. The molecular formula is C15H20N2O2S. The van der Waals surface area contributed by atoms with Gasteiger partial charge in [-0.3, -0.25) is 0 Å². The zero-order valence-corrected chi connectivity index (χ0v) is 12.6. The monoisotopic (exact) mass is 292 g/mol. The van der Waals surface area contributed by atoms with Gasteiger partial charge in [-0.15, -0.1) is 0 Å². The number of nitriles is 1. The Labute approximate surface area is 121 Å². The lowest BCUT2D eigenvalue weighted by Crippen LogP contribution is -2.33. The Morgan fingerprint density at radius 1 is 1.25 bits per heavy atom. The molecule has 1 aliphatic rings. The lowest BCUT2D eigenvalue weighted by Gasteiger charge is -2.20. The SMILES string of the molecule is CC1CCCN(S(=O)(=O)Cc2ccc(C#N)cc2)CC1. The number of sulfonamides is 1. The Balaban J connectivity index is 2.08. The molecular weight excluding hydrogens is 272 g/mol. The summed E-state index contributed by atoms with van der Waals surface area (Å²) in [7, 11) is -3.25. The van der Waals surface area contributed by atoms with Crippen molar-refractivity contribution in [3.63, 3.8) is 0 Å². The third kappa shape index (κ3) is 3.81. The van der Waals surface area contributed by atoms with Gasteiger partial charge in [0.2, 0.25) is 10.0 Å². The minimum Gasteiger partial charge on any atom is -0.212 e. The van der Waals surface area contributed by atoms with Crippen LogP contribution in [0.4, 0.5) is 0 Å². The first kappa shape index (κ1) is 15.0. The second kappa shape index (κ2) is 6.38. The van der Waals surface area contributed by atoms with Crippen molar-refractivity contribution in [3.8, 4) is 6.07 Å². The molecule has 0 aromatic heterocycles. The summed E-state index contributed by atoms with van der Waals surface area (Å²) in [6.07, 6.45) is 2.98. The van der Waals surface area contributed by atoms with E-state index < -0.39 is 10.0 Å². The van der Waals surface area contributed by atoms with E-state index in [1.807, 2.05) is 6.07 Å². The number of benzene rings is 1. The first-order valence-electron chi connectivity index (χ1n) is 6.98. The van der Waals surface area contributed by atoms with Gasteiger partial charge in [0.05, 0.1) is 17.4 Å². The lowest BCUT2D eigenvalue weighted by atomic mass is 10.0. The number of hydrogen-bond acceptors (Lipinski definition) is 3. The van der Waals surface area contributed by atoms with E-state index >= 15 is 0 Å². The standard InChI is InChI=1S/C15H20N2O2S/c1-13-3-2-9-17(10-8-13)20(18,19)12-15-6-4-14(11-16)5-7-15/h4-7,13H,2-3,8-10,12H2,1H3. The van der Waals surface area contributed by atoms with E-state index in [2.05, 4.69) is 6.92 Å². The van der Waals surface area contributed by atoms with Crippen molar-refractivity contribution in [1.29, 1.82) is 5.26 Å². The van der Waals surface area contributed by atoms with Gasteiger partial charge in [0.15, 0.2) is 0 Å². The molecule has 0 spiro atoms. The Morgan fingerprint density at radius 2 is 1.95 bits per heavy atom. The topological polar surface area (TPSA) is 61.2 Å². The largest absolute Gasteiger partial charge is 0.218 e. The van der Waals surface area contributed by atoms with Crippen molar-refractivity contribution in [2.75, 3.05) is 13.1 Å². The molecule has 1 saturated heterocycles. The summed E-state index contributed by atoms with van der Waals surface area (Å²) in [5, 5.41) is 8.74. The predicted molar refractivity (Wildman–Crippen MR) is 78.4 cm³/mol. The molecule has 5 heteroatoms. The van der Waals surface area contributed by atoms with Crippen LogP contribution in [0, 0.1) is 17.2 Å². The van der Waals surface area contributed by atoms with Crippen molar-refractivity contribution < 1.29 is 8.42 Å². The van der Waals surface area contributed by atoms with Crippen molar-refractivity contribution in [2.24, 2.45) is 5.92 Å². The van der Waals surface area contributed by atoms with Crippen LogP contribution in [-0.4, -0.2) is 25.8 Å². The quantitative estimate of drug-likeness (QED) is 0.860. The fraction of sp³-hybridized carbons (Fsp3) is 0.533. The fourth-order valence-corrected chi connectivity index (χ4v) is 4.08. The van der Waals surface area contributed by atoms with E-state index in [4.69, 9.17) is 5.26 Å². The Morgan fingerprint density at radius 3 is 2.60 bits per heavy atom. The smallest absolute Gasteiger partial charge is 0.212 e. The molecule has 108 valence electrons. The van der Waals surface area contributed by atoms with E-state index in [-0.39, 0.29) is 5.75 Å². The maximum atomic E-state index is 12.4. The van der Waals surface area contributed by atoms with Gasteiger partial charge in [0, 0.05) is 13.1 Å². The van der Waals surface area contributed by atoms with Gasteiger partial charge in [-0.05, 0) is 42.9 Å². The minimum absolute atomic E-state index is 0.0209. The van der Waals surface area contributed by atoms with Gasteiger partial charge in [0.25, 0.3) is 0 Å². The minimum atomic E-state index is -3.25. The summed E-state index contributed by atoms with van der Waals surface area (Å²) < 4.78 is 26.5. The van der Waals surface area contributed by atoms with Gasteiger partial charge in [0.1, 0.15) is 0 Å². The van der Waals surface area contributed by atoms with Gasteiger partial charge in [-0.2, -0.15) is 5.26 Å². The van der Waals surface area contributed by atoms with Crippen molar-refractivity contribution in [2.45, 2.75) is 31.9 Å².